The molecule has 0 radical (unpaired) electrons. The molecule has 2 N–H and O–H groups in total. The van der Waals surface area contributed by atoms with Crippen molar-refractivity contribution in [2.75, 3.05) is 18.5 Å². The standard InChI is InChI=1S/C18H21N3O3S/c1-11-16(17(23)19-10-15-7-4-8-24-15)21-18(25-11)13-5-3-6-14(9-13)20-12(2)22/h3,5-6,9,15H,4,7-8,10H2,1-2H3,(H,19,23)(H,20,22). The maximum absolute atomic E-state index is 12.4. The van der Waals surface area contributed by atoms with Gasteiger partial charge in [0.2, 0.25) is 5.91 Å². The Hall–Kier alpha value is -2.25. The molecule has 1 atom stereocenters. The number of rotatable bonds is 5. The summed E-state index contributed by atoms with van der Waals surface area (Å²) < 4.78 is 5.52. The van der Waals surface area contributed by atoms with Crippen LogP contribution in [-0.4, -0.2) is 36.1 Å². The SMILES string of the molecule is CC(=O)Nc1cccc(-c2nc(C(=O)NCC3CCCO3)c(C)s2)c1. The largest absolute Gasteiger partial charge is 0.376 e. The number of hydrogen-bond donors (Lipinski definition) is 2. The minimum absolute atomic E-state index is 0.108. The van der Waals surface area contributed by atoms with E-state index in [-0.39, 0.29) is 17.9 Å². The lowest BCUT2D eigenvalue weighted by atomic mass is 10.2. The minimum atomic E-state index is -0.173. The molecule has 1 unspecified atom stereocenters. The highest BCUT2D eigenvalue weighted by molar-refractivity contribution is 7.15. The topological polar surface area (TPSA) is 80.3 Å². The highest BCUT2D eigenvalue weighted by Gasteiger charge is 2.20. The molecule has 1 aliphatic heterocycles. The van der Waals surface area contributed by atoms with E-state index in [0.717, 1.165) is 34.9 Å². The van der Waals surface area contributed by atoms with Crippen LogP contribution >= 0.6 is 11.3 Å². The van der Waals surface area contributed by atoms with Gasteiger partial charge in [-0.3, -0.25) is 9.59 Å². The molecule has 0 saturated carbocycles. The fraction of sp³-hybridized carbons (Fsp3) is 0.389. The summed E-state index contributed by atoms with van der Waals surface area (Å²) >= 11 is 1.47. The summed E-state index contributed by atoms with van der Waals surface area (Å²) in [5.74, 6) is -0.296. The molecule has 1 saturated heterocycles. The fourth-order valence-corrected chi connectivity index (χ4v) is 3.67. The quantitative estimate of drug-likeness (QED) is 0.860. The zero-order valence-electron chi connectivity index (χ0n) is 14.3. The van der Waals surface area contributed by atoms with Crippen molar-refractivity contribution in [1.29, 1.82) is 0 Å². The van der Waals surface area contributed by atoms with E-state index in [1.807, 2.05) is 31.2 Å². The number of nitrogens with one attached hydrogen (secondary N) is 2. The highest BCUT2D eigenvalue weighted by Crippen LogP contribution is 2.29. The van der Waals surface area contributed by atoms with Crippen LogP contribution in [0.2, 0.25) is 0 Å². The van der Waals surface area contributed by atoms with Gasteiger partial charge in [-0.2, -0.15) is 0 Å². The number of ether oxygens (including phenoxy) is 1. The Balaban J connectivity index is 1.73. The van der Waals surface area contributed by atoms with Crippen LogP contribution in [0.15, 0.2) is 24.3 Å². The van der Waals surface area contributed by atoms with E-state index < -0.39 is 0 Å². The Labute approximate surface area is 150 Å². The summed E-state index contributed by atoms with van der Waals surface area (Å²) in [6.45, 7) is 4.64. The molecule has 1 aliphatic rings. The first kappa shape index (κ1) is 17.6. The molecule has 6 nitrogen and oxygen atoms in total. The molecule has 2 heterocycles. The molecule has 25 heavy (non-hydrogen) atoms. The molecule has 1 aromatic carbocycles. The second kappa shape index (κ2) is 7.76. The van der Waals surface area contributed by atoms with Crippen molar-refractivity contribution in [2.24, 2.45) is 0 Å². The third-order valence-corrected chi connectivity index (χ3v) is 4.98. The molecule has 7 heteroatoms. The zero-order chi connectivity index (χ0) is 17.8. The number of nitrogens with zero attached hydrogens (tertiary/aromatic N) is 1. The smallest absolute Gasteiger partial charge is 0.271 e. The van der Waals surface area contributed by atoms with Crippen LogP contribution in [0.4, 0.5) is 5.69 Å². The first-order valence-corrected chi connectivity index (χ1v) is 9.10. The van der Waals surface area contributed by atoms with Gasteiger partial charge in [-0.25, -0.2) is 4.98 Å². The minimum Gasteiger partial charge on any atom is -0.376 e. The number of aromatic nitrogens is 1. The van der Waals surface area contributed by atoms with E-state index in [1.165, 1.54) is 18.3 Å². The van der Waals surface area contributed by atoms with Gasteiger partial charge in [0.25, 0.3) is 5.91 Å². The number of anilines is 1. The van der Waals surface area contributed by atoms with Gasteiger partial charge in [-0.05, 0) is 31.9 Å². The number of carbonyl (C=O) groups is 2. The van der Waals surface area contributed by atoms with Crippen LogP contribution in [0.25, 0.3) is 10.6 Å². The predicted octanol–water partition coefficient (Wildman–Crippen LogP) is 2.99. The fourth-order valence-electron chi connectivity index (χ4n) is 2.76. The lowest BCUT2D eigenvalue weighted by Gasteiger charge is -2.09. The van der Waals surface area contributed by atoms with Crippen molar-refractivity contribution in [1.82, 2.24) is 10.3 Å². The number of thiazole rings is 1. The lowest BCUT2D eigenvalue weighted by Crippen LogP contribution is -2.32. The van der Waals surface area contributed by atoms with E-state index in [0.29, 0.717) is 17.9 Å². The van der Waals surface area contributed by atoms with Crippen molar-refractivity contribution >= 4 is 28.8 Å². The van der Waals surface area contributed by atoms with Crippen LogP contribution < -0.4 is 10.6 Å². The summed E-state index contributed by atoms with van der Waals surface area (Å²) in [6.07, 6.45) is 2.14. The summed E-state index contributed by atoms with van der Waals surface area (Å²) in [4.78, 5) is 29.0. The van der Waals surface area contributed by atoms with Crippen molar-refractivity contribution in [3.8, 4) is 10.6 Å². The molecule has 1 fully saturated rings. The molecule has 3 rings (SSSR count). The molecule has 0 spiro atoms. The molecule has 2 amide bonds. The molecule has 2 aromatic rings. The Morgan fingerprint density at radius 1 is 1.40 bits per heavy atom. The third kappa shape index (κ3) is 4.43. The van der Waals surface area contributed by atoms with Gasteiger partial charge in [-0.15, -0.1) is 11.3 Å². The van der Waals surface area contributed by atoms with Gasteiger partial charge in [-0.1, -0.05) is 12.1 Å². The van der Waals surface area contributed by atoms with Gasteiger partial charge in [0, 0.05) is 36.2 Å². The molecular weight excluding hydrogens is 338 g/mol. The van der Waals surface area contributed by atoms with E-state index in [4.69, 9.17) is 4.74 Å². The molecule has 1 aromatic heterocycles. The second-order valence-electron chi connectivity index (χ2n) is 6.03. The number of benzene rings is 1. The van der Waals surface area contributed by atoms with Crippen molar-refractivity contribution in [3.63, 3.8) is 0 Å². The van der Waals surface area contributed by atoms with E-state index in [2.05, 4.69) is 15.6 Å². The number of amides is 2. The first-order chi connectivity index (χ1) is 12.0. The average molecular weight is 359 g/mol. The number of carbonyl (C=O) groups excluding carboxylic acids is 2. The summed E-state index contributed by atoms with van der Waals surface area (Å²) in [5, 5.41) is 6.42. The van der Waals surface area contributed by atoms with Crippen molar-refractivity contribution in [3.05, 3.63) is 34.8 Å². The van der Waals surface area contributed by atoms with Gasteiger partial charge >= 0.3 is 0 Å². The monoisotopic (exact) mass is 359 g/mol. The normalized spacial score (nSPS) is 16.6. The summed E-state index contributed by atoms with van der Waals surface area (Å²) in [5.41, 5.74) is 2.03. The maximum Gasteiger partial charge on any atom is 0.271 e. The van der Waals surface area contributed by atoms with Crippen LogP contribution in [0, 0.1) is 6.92 Å². The van der Waals surface area contributed by atoms with Crippen molar-refractivity contribution in [2.45, 2.75) is 32.8 Å². The van der Waals surface area contributed by atoms with Crippen LogP contribution in [0.5, 0.6) is 0 Å². The van der Waals surface area contributed by atoms with Gasteiger partial charge in [0.1, 0.15) is 10.7 Å². The van der Waals surface area contributed by atoms with Crippen molar-refractivity contribution < 1.29 is 14.3 Å². The Bertz CT molecular complexity index is 782. The molecular formula is C18H21N3O3S. The zero-order valence-corrected chi connectivity index (χ0v) is 15.1. The maximum atomic E-state index is 12.4. The van der Waals surface area contributed by atoms with E-state index >= 15 is 0 Å². The number of aryl methyl sites for hydroxylation is 1. The Morgan fingerprint density at radius 2 is 2.24 bits per heavy atom. The lowest BCUT2D eigenvalue weighted by molar-refractivity contribution is -0.114. The van der Waals surface area contributed by atoms with E-state index in [9.17, 15) is 9.59 Å². The predicted molar refractivity (Wildman–Crippen MR) is 97.9 cm³/mol. The Morgan fingerprint density at radius 3 is 2.96 bits per heavy atom. The van der Waals surface area contributed by atoms with Crippen LogP contribution in [0.1, 0.15) is 35.1 Å². The van der Waals surface area contributed by atoms with Gasteiger partial charge in [0.15, 0.2) is 0 Å². The van der Waals surface area contributed by atoms with Gasteiger partial charge in [0.05, 0.1) is 6.10 Å². The molecule has 132 valence electrons. The highest BCUT2D eigenvalue weighted by atomic mass is 32.1. The Kier molecular flexibility index (Phi) is 5.45. The molecule has 0 bridgehead atoms. The average Bonchev–Trinajstić information content (AvgIpc) is 3.22. The first-order valence-electron chi connectivity index (χ1n) is 8.28. The number of hydrogen-bond acceptors (Lipinski definition) is 5. The van der Waals surface area contributed by atoms with Crippen LogP contribution in [0.3, 0.4) is 0 Å². The van der Waals surface area contributed by atoms with E-state index in [1.54, 1.807) is 0 Å². The molecule has 0 aliphatic carbocycles. The van der Waals surface area contributed by atoms with Gasteiger partial charge < -0.3 is 15.4 Å². The summed E-state index contributed by atoms with van der Waals surface area (Å²) in [7, 11) is 0. The van der Waals surface area contributed by atoms with Crippen LogP contribution in [-0.2, 0) is 9.53 Å². The third-order valence-electron chi connectivity index (χ3n) is 3.96. The second-order valence-corrected chi connectivity index (χ2v) is 7.23. The summed E-state index contributed by atoms with van der Waals surface area (Å²) in [6, 6.07) is 7.44.